The number of halogens is 1. The highest BCUT2D eigenvalue weighted by Gasteiger charge is 2.18. The number of nitrogens with zero attached hydrogens (tertiary/aromatic N) is 1. The number of carbonyl (C=O) groups is 1. The van der Waals surface area contributed by atoms with E-state index < -0.39 is 6.04 Å². The molecule has 0 aliphatic heterocycles. The lowest BCUT2D eigenvalue weighted by Gasteiger charge is -2.16. The van der Waals surface area contributed by atoms with Crippen LogP contribution in [0, 0.1) is 5.82 Å². The van der Waals surface area contributed by atoms with E-state index in [4.69, 9.17) is 0 Å². The number of nitrogens with one attached hydrogen (secondary N) is 2. The number of hydrogen-bond acceptors (Lipinski definition) is 3. The van der Waals surface area contributed by atoms with E-state index in [2.05, 4.69) is 15.3 Å². The second kappa shape index (κ2) is 6.72. The van der Waals surface area contributed by atoms with Gasteiger partial charge in [0.05, 0.1) is 16.4 Å². The van der Waals surface area contributed by atoms with E-state index in [1.807, 2.05) is 18.2 Å². The maximum atomic E-state index is 14.0. The summed E-state index contributed by atoms with van der Waals surface area (Å²) in [6.07, 6.45) is 3.58. The average molecular weight is 365 g/mol. The highest BCUT2D eigenvalue weighted by atomic mass is 32.1. The first-order valence-electron chi connectivity index (χ1n) is 8.19. The number of carbonyl (C=O) groups excluding carboxylic acids is 1. The van der Waals surface area contributed by atoms with Crippen LogP contribution in [0.2, 0.25) is 0 Å². The van der Waals surface area contributed by atoms with Crippen molar-refractivity contribution in [2.45, 2.75) is 13.0 Å². The van der Waals surface area contributed by atoms with Gasteiger partial charge in [0.25, 0.3) is 5.91 Å². The summed E-state index contributed by atoms with van der Waals surface area (Å²) in [6.45, 7) is 1.78. The largest absolute Gasteiger partial charge is 0.361 e. The number of rotatable bonds is 4. The minimum Gasteiger partial charge on any atom is -0.361 e. The van der Waals surface area contributed by atoms with Crippen molar-refractivity contribution in [3.05, 3.63) is 77.3 Å². The van der Waals surface area contributed by atoms with Crippen molar-refractivity contribution in [3.8, 4) is 10.4 Å². The van der Waals surface area contributed by atoms with Gasteiger partial charge in [-0.2, -0.15) is 0 Å². The molecule has 0 radical (unpaired) electrons. The molecular formula is C20H16FN3OS. The van der Waals surface area contributed by atoms with Gasteiger partial charge in [-0.05, 0) is 36.8 Å². The van der Waals surface area contributed by atoms with Crippen molar-refractivity contribution >= 4 is 28.1 Å². The molecule has 0 saturated carbocycles. The Morgan fingerprint density at radius 1 is 1.27 bits per heavy atom. The molecule has 2 N–H and O–H groups in total. The first kappa shape index (κ1) is 16.5. The second-order valence-electron chi connectivity index (χ2n) is 6.05. The summed E-state index contributed by atoms with van der Waals surface area (Å²) >= 11 is 1.51. The van der Waals surface area contributed by atoms with Crippen molar-refractivity contribution < 1.29 is 9.18 Å². The van der Waals surface area contributed by atoms with Crippen LogP contribution in [-0.4, -0.2) is 15.9 Å². The van der Waals surface area contributed by atoms with E-state index >= 15 is 0 Å². The van der Waals surface area contributed by atoms with E-state index in [1.54, 1.807) is 43.0 Å². The van der Waals surface area contributed by atoms with Gasteiger partial charge in [-0.15, -0.1) is 11.3 Å². The monoisotopic (exact) mass is 365 g/mol. The predicted molar refractivity (Wildman–Crippen MR) is 102 cm³/mol. The van der Waals surface area contributed by atoms with Crippen LogP contribution in [0.15, 0.2) is 60.4 Å². The van der Waals surface area contributed by atoms with Gasteiger partial charge in [0, 0.05) is 34.4 Å². The molecule has 1 unspecified atom stereocenters. The van der Waals surface area contributed by atoms with E-state index in [-0.39, 0.29) is 11.7 Å². The van der Waals surface area contributed by atoms with Gasteiger partial charge < -0.3 is 10.3 Å². The molecule has 0 aliphatic rings. The van der Waals surface area contributed by atoms with Gasteiger partial charge in [-0.25, -0.2) is 4.39 Å². The Hall–Kier alpha value is -2.99. The Balaban J connectivity index is 1.70. The molecule has 0 aliphatic carbocycles. The topological polar surface area (TPSA) is 57.8 Å². The number of aromatic amines is 1. The van der Waals surface area contributed by atoms with Gasteiger partial charge in [0.1, 0.15) is 5.82 Å². The molecular weight excluding hydrogens is 349 g/mol. The van der Waals surface area contributed by atoms with Crippen LogP contribution in [0.1, 0.15) is 28.9 Å². The maximum Gasteiger partial charge on any atom is 0.252 e. The molecule has 26 heavy (non-hydrogen) atoms. The number of benzene rings is 2. The molecule has 4 aromatic rings. The zero-order valence-corrected chi connectivity index (χ0v) is 14.8. The molecule has 130 valence electrons. The maximum absolute atomic E-state index is 14.0. The van der Waals surface area contributed by atoms with E-state index in [0.29, 0.717) is 11.1 Å². The van der Waals surface area contributed by atoms with Gasteiger partial charge in [0.15, 0.2) is 0 Å². The Kier molecular flexibility index (Phi) is 4.26. The Bertz CT molecular complexity index is 1070. The fourth-order valence-electron chi connectivity index (χ4n) is 3.03. The van der Waals surface area contributed by atoms with Crippen LogP contribution < -0.4 is 5.32 Å². The lowest BCUT2D eigenvalue weighted by atomic mass is 10.0. The zero-order chi connectivity index (χ0) is 18.1. The Morgan fingerprint density at radius 3 is 2.88 bits per heavy atom. The summed E-state index contributed by atoms with van der Waals surface area (Å²) in [4.78, 5) is 21.2. The molecule has 0 bridgehead atoms. The van der Waals surface area contributed by atoms with Crippen molar-refractivity contribution in [1.29, 1.82) is 0 Å². The van der Waals surface area contributed by atoms with Crippen molar-refractivity contribution in [3.63, 3.8) is 0 Å². The summed E-state index contributed by atoms with van der Waals surface area (Å²) in [6, 6.07) is 11.8. The number of fused-ring (bicyclic) bond motifs is 1. The molecule has 2 heterocycles. The summed E-state index contributed by atoms with van der Waals surface area (Å²) in [7, 11) is 0. The summed E-state index contributed by atoms with van der Waals surface area (Å²) in [5.74, 6) is -0.567. The SMILES string of the molecule is CC(NC(=O)c1cc(-c2cncs2)cc2[nH]ccc12)c1ccccc1F. The van der Waals surface area contributed by atoms with Crippen LogP contribution in [-0.2, 0) is 0 Å². The third-order valence-electron chi connectivity index (χ3n) is 4.35. The smallest absolute Gasteiger partial charge is 0.252 e. The number of H-pyrrole nitrogens is 1. The molecule has 6 heteroatoms. The van der Waals surface area contributed by atoms with Crippen LogP contribution >= 0.6 is 11.3 Å². The zero-order valence-electron chi connectivity index (χ0n) is 14.0. The summed E-state index contributed by atoms with van der Waals surface area (Å²) < 4.78 is 14.0. The van der Waals surface area contributed by atoms with Crippen molar-refractivity contribution in [1.82, 2.24) is 15.3 Å². The highest BCUT2D eigenvalue weighted by Crippen LogP contribution is 2.30. The molecule has 4 rings (SSSR count). The summed E-state index contributed by atoms with van der Waals surface area (Å²) in [5, 5.41) is 3.73. The highest BCUT2D eigenvalue weighted by molar-refractivity contribution is 7.13. The Morgan fingerprint density at radius 2 is 2.12 bits per heavy atom. The second-order valence-corrected chi connectivity index (χ2v) is 6.93. The molecule has 1 atom stereocenters. The third kappa shape index (κ3) is 2.99. The van der Waals surface area contributed by atoms with E-state index in [1.165, 1.54) is 17.4 Å². The third-order valence-corrected chi connectivity index (χ3v) is 5.17. The van der Waals surface area contributed by atoms with E-state index in [0.717, 1.165) is 21.3 Å². The number of thiazole rings is 1. The fraction of sp³-hybridized carbons (Fsp3) is 0.100. The van der Waals surface area contributed by atoms with Crippen LogP contribution in [0.4, 0.5) is 4.39 Å². The number of hydrogen-bond donors (Lipinski definition) is 2. The standard InChI is InChI=1S/C20H16FN3OS/c1-12(14-4-2-3-5-17(14)21)24-20(25)16-8-13(19-10-22-11-26-19)9-18-15(16)6-7-23-18/h2-12,23H,1H3,(H,24,25). The number of amides is 1. The first-order chi connectivity index (χ1) is 12.6. The first-order valence-corrected chi connectivity index (χ1v) is 9.07. The van der Waals surface area contributed by atoms with Gasteiger partial charge >= 0.3 is 0 Å². The Labute approximate surface area is 153 Å². The minimum absolute atomic E-state index is 0.239. The molecule has 2 aromatic carbocycles. The molecule has 0 fully saturated rings. The summed E-state index contributed by atoms with van der Waals surface area (Å²) in [5.41, 5.74) is 4.57. The van der Waals surface area contributed by atoms with Crippen LogP contribution in [0.25, 0.3) is 21.3 Å². The van der Waals surface area contributed by atoms with Crippen LogP contribution in [0.5, 0.6) is 0 Å². The number of aromatic nitrogens is 2. The van der Waals surface area contributed by atoms with Crippen LogP contribution in [0.3, 0.4) is 0 Å². The minimum atomic E-state index is -0.440. The van der Waals surface area contributed by atoms with Gasteiger partial charge in [-0.1, -0.05) is 18.2 Å². The quantitative estimate of drug-likeness (QED) is 0.539. The fourth-order valence-corrected chi connectivity index (χ4v) is 3.64. The predicted octanol–water partition coefficient (Wildman–Crippen LogP) is 4.92. The van der Waals surface area contributed by atoms with Gasteiger partial charge in [0.2, 0.25) is 0 Å². The average Bonchev–Trinajstić information content (AvgIpc) is 3.32. The van der Waals surface area contributed by atoms with Gasteiger partial charge in [-0.3, -0.25) is 9.78 Å². The van der Waals surface area contributed by atoms with E-state index in [9.17, 15) is 9.18 Å². The molecule has 4 nitrogen and oxygen atoms in total. The van der Waals surface area contributed by atoms with Crippen molar-refractivity contribution in [2.75, 3.05) is 0 Å². The lowest BCUT2D eigenvalue weighted by molar-refractivity contribution is 0.0941. The van der Waals surface area contributed by atoms with Crippen molar-refractivity contribution in [2.24, 2.45) is 0 Å². The molecule has 2 aromatic heterocycles. The molecule has 1 amide bonds. The molecule has 0 spiro atoms. The normalized spacial score (nSPS) is 12.2. The molecule has 0 saturated heterocycles. The lowest BCUT2D eigenvalue weighted by Crippen LogP contribution is -2.27.